The average molecular weight is 235 g/mol. The van der Waals surface area contributed by atoms with Crippen molar-refractivity contribution in [2.75, 3.05) is 7.11 Å². The summed E-state index contributed by atoms with van der Waals surface area (Å²) in [5.41, 5.74) is 0.879. The molecule has 0 aliphatic carbocycles. The first-order valence-electron chi connectivity index (χ1n) is 5.28. The van der Waals surface area contributed by atoms with Gasteiger partial charge in [0, 0.05) is 0 Å². The maximum Gasteiger partial charge on any atom is 0.329 e. The molecule has 1 aliphatic heterocycles. The van der Waals surface area contributed by atoms with E-state index < -0.39 is 6.04 Å². The highest BCUT2D eigenvalue weighted by Gasteiger charge is 2.32. The third-order valence-corrected chi connectivity index (χ3v) is 2.55. The van der Waals surface area contributed by atoms with Crippen molar-refractivity contribution >= 4 is 11.9 Å². The topological polar surface area (TPSA) is 64.6 Å². The van der Waals surface area contributed by atoms with Gasteiger partial charge in [0.05, 0.1) is 13.5 Å². The van der Waals surface area contributed by atoms with Crippen LogP contribution < -0.4 is 10.1 Å². The second-order valence-corrected chi connectivity index (χ2v) is 3.78. The summed E-state index contributed by atoms with van der Waals surface area (Å²) in [5, 5.41) is 2.46. The molecule has 1 atom stereocenters. The van der Waals surface area contributed by atoms with Gasteiger partial charge >= 0.3 is 5.97 Å². The Morgan fingerprint density at radius 2 is 2.06 bits per heavy atom. The lowest BCUT2D eigenvalue weighted by atomic mass is 10.1. The van der Waals surface area contributed by atoms with Crippen LogP contribution >= 0.6 is 0 Å². The summed E-state index contributed by atoms with van der Waals surface area (Å²) in [7, 11) is 1.59. The first kappa shape index (κ1) is 11.4. The van der Waals surface area contributed by atoms with Gasteiger partial charge in [0.1, 0.15) is 18.4 Å². The van der Waals surface area contributed by atoms with E-state index in [-0.39, 0.29) is 24.9 Å². The number of carbonyl (C=O) groups excluding carboxylic acids is 2. The minimum atomic E-state index is -0.472. The van der Waals surface area contributed by atoms with Gasteiger partial charge in [0.15, 0.2) is 0 Å². The quantitative estimate of drug-likeness (QED) is 0.614. The lowest BCUT2D eigenvalue weighted by molar-refractivity contribution is -0.154. The Kier molecular flexibility index (Phi) is 3.27. The third kappa shape index (κ3) is 2.75. The highest BCUT2D eigenvalue weighted by Crippen LogP contribution is 2.13. The monoisotopic (exact) mass is 235 g/mol. The molecule has 1 unspecified atom stereocenters. The lowest BCUT2D eigenvalue weighted by Gasteiger charge is -2.24. The van der Waals surface area contributed by atoms with Gasteiger partial charge in [-0.25, -0.2) is 4.79 Å². The van der Waals surface area contributed by atoms with Crippen molar-refractivity contribution in [3.05, 3.63) is 29.8 Å². The molecule has 1 N–H and O–H groups in total. The van der Waals surface area contributed by atoms with Crippen molar-refractivity contribution in [3.8, 4) is 5.75 Å². The summed E-state index contributed by atoms with van der Waals surface area (Å²) in [4.78, 5) is 22.0. The normalized spacial score (nSPS) is 17.9. The summed E-state index contributed by atoms with van der Waals surface area (Å²) >= 11 is 0. The van der Waals surface area contributed by atoms with E-state index >= 15 is 0 Å². The van der Waals surface area contributed by atoms with E-state index in [0.717, 1.165) is 11.3 Å². The molecule has 0 radical (unpaired) electrons. The number of hydrogen-bond acceptors (Lipinski definition) is 4. The number of amides is 1. The Balaban J connectivity index is 1.80. The average Bonchev–Trinajstić information content (AvgIpc) is 2.32. The summed E-state index contributed by atoms with van der Waals surface area (Å²) in [6.45, 7) is 0.204. The van der Waals surface area contributed by atoms with Gasteiger partial charge in [-0.1, -0.05) is 12.1 Å². The smallest absolute Gasteiger partial charge is 0.329 e. The highest BCUT2D eigenvalue weighted by molar-refractivity contribution is 5.94. The van der Waals surface area contributed by atoms with E-state index in [4.69, 9.17) is 9.47 Å². The number of carbonyl (C=O) groups is 2. The second-order valence-electron chi connectivity index (χ2n) is 3.78. The summed E-state index contributed by atoms with van der Waals surface area (Å²) < 4.78 is 10.1. The summed E-state index contributed by atoms with van der Waals surface area (Å²) in [6, 6.07) is 6.78. The Morgan fingerprint density at radius 1 is 1.41 bits per heavy atom. The van der Waals surface area contributed by atoms with Crippen LogP contribution in [0.1, 0.15) is 12.0 Å². The van der Waals surface area contributed by atoms with Crippen LogP contribution in [0.15, 0.2) is 24.3 Å². The fourth-order valence-electron chi connectivity index (χ4n) is 1.48. The molecule has 1 saturated heterocycles. The van der Waals surface area contributed by atoms with Crippen molar-refractivity contribution in [1.82, 2.24) is 5.32 Å². The molecule has 5 heteroatoms. The van der Waals surface area contributed by atoms with Crippen LogP contribution in [-0.4, -0.2) is 25.0 Å². The number of nitrogens with one attached hydrogen (secondary N) is 1. The van der Waals surface area contributed by atoms with Gasteiger partial charge in [-0.2, -0.15) is 0 Å². The third-order valence-electron chi connectivity index (χ3n) is 2.55. The zero-order chi connectivity index (χ0) is 12.3. The van der Waals surface area contributed by atoms with Crippen LogP contribution in [0.4, 0.5) is 0 Å². The molecule has 1 aromatic carbocycles. The lowest BCUT2D eigenvalue weighted by Crippen LogP contribution is -2.53. The SMILES string of the molecule is COc1ccc(COC(=O)C2CC(=O)N2)cc1. The standard InChI is InChI=1S/C12H13NO4/c1-16-9-4-2-8(3-5-9)7-17-12(15)10-6-11(14)13-10/h2-5,10H,6-7H2,1H3,(H,13,14). The van der Waals surface area contributed by atoms with Crippen LogP contribution in [0, 0.1) is 0 Å². The molecule has 90 valence electrons. The molecule has 2 rings (SSSR count). The number of rotatable bonds is 4. The number of ether oxygens (including phenoxy) is 2. The Bertz CT molecular complexity index is 419. The summed E-state index contributed by atoms with van der Waals surface area (Å²) in [6.07, 6.45) is 0.224. The number of methoxy groups -OCH3 is 1. The van der Waals surface area contributed by atoms with E-state index in [1.807, 2.05) is 12.1 Å². The maximum atomic E-state index is 11.4. The largest absolute Gasteiger partial charge is 0.497 e. The molecule has 0 saturated carbocycles. The van der Waals surface area contributed by atoms with Crippen LogP contribution in [0.5, 0.6) is 5.75 Å². The zero-order valence-electron chi connectivity index (χ0n) is 9.43. The first-order valence-corrected chi connectivity index (χ1v) is 5.28. The van der Waals surface area contributed by atoms with Gasteiger partial charge in [0.2, 0.25) is 5.91 Å². The minimum absolute atomic E-state index is 0.114. The van der Waals surface area contributed by atoms with E-state index in [1.165, 1.54) is 0 Å². The number of benzene rings is 1. The van der Waals surface area contributed by atoms with Crippen LogP contribution in [0.2, 0.25) is 0 Å². The summed E-state index contributed by atoms with van der Waals surface area (Å²) in [5.74, 6) is 0.253. The van der Waals surface area contributed by atoms with Gasteiger partial charge in [-0.05, 0) is 17.7 Å². The molecule has 1 aromatic rings. The number of esters is 1. The van der Waals surface area contributed by atoms with E-state index in [0.29, 0.717) is 0 Å². The molecule has 5 nitrogen and oxygen atoms in total. The number of hydrogen-bond donors (Lipinski definition) is 1. The maximum absolute atomic E-state index is 11.4. The molecule has 0 bridgehead atoms. The molecular weight excluding hydrogens is 222 g/mol. The Morgan fingerprint density at radius 3 is 2.59 bits per heavy atom. The van der Waals surface area contributed by atoms with Crippen molar-refractivity contribution in [3.63, 3.8) is 0 Å². The predicted molar refractivity (Wildman–Crippen MR) is 59.3 cm³/mol. The molecular formula is C12H13NO4. The number of β-lactam (4-membered cyclic amide) rings is 1. The van der Waals surface area contributed by atoms with Crippen molar-refractivity contribution in [1.29, 1.82) is 0 Å². The van der Waals surface area contributed by atoms with Gasteiger partial charge < -0.3 is 14.8 Å². The predicted octanol–water partition coefficient (Wildman–Crippen LogP) is 0.627. The minimum Gasteiger partial charge on any atom is -0.497 e. The molecule has 0 spiro atoms. The highest BCUT2D eigenvalue weighted by atomic mass is 16.5. The van der Waals surface area contributed by atoms with Crippen LogP contribution in [0.3, 0.4) is 0 Å². The molecule has 0 aromatic heterocycles. The van der Waals surface area contributed by atoms with E-state index in [1.54, 1.807) is 19.2 Å². The molecule has 1 fully saturated rings. The molecule has 17 heavy (non-hydrogen) atoms. The van der Waals surface area contributed by atoms with Crippen LogP contribution in [-0.2, 0) is 20.9 Å². The van der Waals surface area contributed by atoms with Crippen molar-refractivity contribution in [2.45, 2.75) is 19.1 Å². The molecule has 1 amide bonds. The zero-order valence-corrected chi connectivity index (χ0v) is 9.43. The fraction of sp³-hybridized carbons (Fsp3) is 0.333. The van der Waals surface area contributed by atoms with Crippen molar-refractivity contribution < 1.29 is 19.1 Å². The second kappa shape index (κ2) is 4.86. The Labute approximate surface area is 98.7 Å². The van der Waals surface area contributed by atoms with Crippen LogP contribution in [0.25, 0.3) is 0 Å². The van der Waals surface area contributed by atoms with E-state index in [9.17, 15) is 9.59 Å². The Hall–Kier alpha value is -2.04. The van der Waals surface area contributed by atoms with Gasteiger partial charge in [-0.3, -0.25) is 4.79 Å². The van der Waals surface area contributed by atoms with Gasteiger partial charge in [-0.15, -0.1) is 0 Å². The first-order chi connectivity index (χ1) is 8.19. The van der Waals surface area contributed by atoms with E-state index in [2.05, 4.69) is 5.32 Å². The molecule has 1 aliphatic rings. The van der Waals surface area contributed by atoms with Gasteiger partial charge in [0.25, 0.3) is 0 Å². The van der Waals surface area contributed by atoms with Crippen molar-refractivity contribution in [2.24, 2.45) is 0 Å². The molecule has 1 heterocycles. The fourth-order valence-corrected chi connectivity index (χ4v) is 1.48.